The molecule has 0 radical (unpaired) electrons. The minimum atomic E-state index is 0.282. The molecular formula is C16H22N4. The number of aryl methyl sites for hydroxylation is 4. The Morgan fingerprint density at radius 3 is 1.90 bits per heavy atom. The van der Waals surface area contributed by atoms with Crippen molar-refractivity contribution in [2.24, 2.45) is 5.73 Å². The van der Waals surface area contributed by atoms with E-state index in [1.807, 2.05) is 39.8 Å². The third-order valence-corrected chi connectivity index (χ3v) is 3.51. The van der Waals surface area contributed by atoms with Gasteiger partial charge in [0.15, 0.2) is 5.82 Å². The lowest BCUT2D eigenvalue weighted by atomic mass is 9.98. The van der Waals surface area contributed by atoms with Crippen molar-refractivity contribution >= 4 is 0 Å². The summed E-state index contributed by atoms with van der Waals surface area (Å²) in [5.74, 6) is 1.05. The summed E-state index contributed by atoms with van der Waals surface area (Å²) >= 11 is 0. The second-order valence-corrected chi connectivity index (χ2v) is 5.41. The molecule has 2 rings (SSSR count). The van der Waals surface area contributed by atoms with Crippen LogP contribution in [0.4, 0.5) is 0 Å². The fourth-order valence-corrected chi connectivity index (χ4v) is 2.65. The van der Waals surface area contributed by atoms with Crippen LogP contribution in [0.1, 0.15) is 41.2 Å². The van der Waals surface area contributed by atoms with Crippen LogP contribution in [0.15, 0.2) is 12.1 Å². The Labute approximate surface area is 120 Å². The monoisotopic (exact) mass is 270 g/mol. The molecule has 0 bridgehead atoms. The SMILES string of the molecule is Cc1cc(-c2nc(C)c(C(C)CN)c(C)n2)cc(C)n1. The highest BCUT2D eigenvalue weighted by Crippen LogP contribution is 2.24. The first kappa shape index (κ1) is 14.6. The Morgan fingerprint density at radius 1 is 0.950 bits per heavy atom. The second-order valence-electron chi connectivity index (χ2n) is 5.41. The highest BCUT2D eigenvalue weighted by Gasteiger charge is 2.15. The quantitative estimate of drug-likeness (QED) is 0.931. The molecule has 0 aliphatic heterocycles. The van der Waals surface area contributed by atoms with E-state index in [0.717, 1.165) is 34.2 Å². The van der Waals surface area contributed by atoms with Crippen LogP contribution in [0, 0.1) is 27.7 Å². The van der Waals surface area contributed by atoms with Gasteiger partial charge in [-0.3, -0.25) is 4.98 Å². The lowest BCUT2D eigenvalue weighted by Gasteiger charge is -2.16. The van der Waals surface area contributed by atoms with E-state index < -0.39 is 0 Å². The van der Waals surface area contributed by atoms with Gasteiger partial charge in [-0.25, -0.2) is 9.97 Å². The van der Waals surface area contributed by atoms with E-state index in [1.165, 1.54) is 5.56 Å². The van der Waals surface area contributed by atoms with Crippen molar-refractivity contribution in [1.29, 1.82) is 0 Å². The highest BCUT2D eigenvalue weighted by atomic mass is 14.9. The molecule has 2 aromatic rings. The van der Waals surface area contributed by atoms with Crippen molar-refractivity contribution in [2.75, 3.05) is 6.54 Å². The number of nitrogens with zero attached hydrogens (tertiary/aromatic N) is 3. The normalized spacial score (nSPS) is 12.5. The van der Waals surface area contributed by atoms with Crippen molar-refractivity contribution < 1.29 is 0 Å². The standard InChI is InChI=1S/C16H22N4/c1-9(8-17)15-12(4)19-16(20-13(15)5)14-6-10(2)18-11(3)7-14/h6-7,9H,8,17H2,1-5H3. The molecule has 0 aromatic carbocycles. The van der Waals surface area contributed by atoms with E-state index in [2.05, 4.69) is 21.9 Å². The van der Waals surface area contributed by atoms with Gasteiger partial charge < -0.3 is 5.73 Å². The number of aromatic nitrogens is 3. The largest absolute Gasteiger partial charge is 0.330 e. The number of pyridine rings is 1. The third-order valence-electron chi connectivity index (χ3n) is 3.51. The maximum atomic E-state index is 5.77. The fraction of sp³-hybridized carbons (Fsp3) is 0.438. The van der Waals surface area contributed by atoms with Crippen molar-refractivity contribution in [3.63, 3.8) is 0 Å². The number of hydrogen-bond acceptors (Lipinski definition) is 4. The predicted octanol–water partition coefficient (Wildman–Crippen LogP) is 2.83. The Morgan fingerprint density at radius 2 is 1.45 bits per heavy atom. The first-order valence-corrected chi connectivity index (χ1v) is 6.93. The van der Waals surface area contributed by atoms with E-state index in [4.69, 9.17) is 5.73 Å². The summed E-state index contributed by atoms with van der Waals surface area (Å²) in [5, 5.41) is 0. The molecule has 0 spiro atoms. The molecule has 0 aliphatic rings. The van der Waals surface area contributed by atoms with Gasteiger partial charge in [-0.1, -0.05) is 6.92 Å². The van der Waals surface area contributed by atoms with Gasteiger partial charge in [0.1, 0.15) is 0 Å². The summed E-state index contributed by atoms with van der Waals surface area (Å²) in [7, 11) is 0. The molecule has 1 unspecified atom stereocenters. The zero-order valence-electron chi connectivity index (χ0n) is 12.9. The molecular weight excluding hydrogens is 248 g/mol. The molecule has 1 atom stereocenters. The molecule has 4 nitrogen and oxygen atoms in total. The van der Waals surface area contributed by atoms with E-state index >= 15 is 0 Å². The highest BCUT2D eigenvalue weighted by molar-refractivity contribution is 5.57. The third kappa shape index (κ3) is 2.85. The van der Waals surface area contributed by atoms with E-state index in [0.29, 0.717) is 6.54 Å². The summed E-state index contributed by atoms with van der Waals surface area (Å²) in [6.45, 7) is 10.8. The summed E-state index contributed by atoms with van der Waals surface area (Å²) in [4.78, 5) is 13.7. The maximum absolute atomic E-state index is 5.77. The van der Waals surface area contributed by atoms with Crippen LogP contribution < -0.4 is 5.73 Å². The first-order chi connectivity index (χ1) is 9.42. The van der Waals surface area contributed by atoms with Gasteiger partial charge >= 0.3 is 0 Å². The van der Waals surface area contributed by atoms with Crippen LogP contribution in [-0.4, -0.2) is 21.5 Å². The van der Waals surface area contributed by atoms with Crippen LogP contribution in [0.3, 0.4) is 0 Å². The van der Waals surface area contributed by atoms with E-state index in [1.54, 1.807) is 0 Å². The molecule has 0 saturated carbocycles. The summed E-state index contributed by atoms with van der Waals surface area (Å²) in [5.41, 5.74) is 11.9. The van der Waals surface area contributed by atoms with Gasteiger partial charge in [-0.2, -0.15) is 0 Å². The van der Waals surface area contributed by atoms with Crippen molar-refractivity contribution in [3.05, 3.63) is 40.5 Å². The first-order valence-electron chi connectivity index (χ1n) is 6.93. The van der Waals surface area contributed by atoms with Crippen molar-refractivity contribution in [1.82, 2.24) is 15.0 Å². The average Bonchev–Trinajstić information content (AvgIpc) is 2.36. The number of rotatable bonds is 3. The van der Waals surface area contributed by atoms with Crippen molar-refractivity contribution in [2.45, 2.75) is 40.5 Å². The molecule has 0 fully saturated rings. The van der Waals surface area contributed by atoms with Gasteiger partial charge in [0.05, 0.1) is 0 Å². The van der Waals surface area contributed by atoms with Gasteiger partial charge in [0.25, 0.3) is 0 Å². The van der Waals surface area contributed by atoms with E-state index in [-0.39, 0.29) is 5.92 Å². The zero-order valence-corrected chi connectivity index (χ0v) is 12.9. The summed E-state index contributed by atoms with van der Waals surface area (Å²) < 4.78 is 0. The molecule has 0 aliphatic carbocycles. The molecule has 0 amide bonds. The van der Waals surface area contributed by atoms with Crippen molar-refractivity contribution in [3.8, 4) is 11.4 Å². The Hall–Kier alpha value is -1.81. The topological polar surface area (TPSA) is 64.7 Å². The van der Waals surface area contributed by atoms with Crippen LogP contribution in [0.2, 0.25) is 0 Å². The summed E-state index contributed by atoms with van der Waals surface area (Å²) in [6.07, 6.45) is 0. The molecule has 2 N–H and O–H groups in total. The minimum absolute atomic E-state index is 0.282. The van der Waals surface area contributed by atoms with Gasteiger partial charge in [0.2, 0.25) is 0 Å². The van der Waals surface area contributed by atoms with E-state index in [9.17, 15) is 0 Å². The smallest absolute Gasteiger partial charge is 0.159 e. The number of hydrogen-bond donors (Lipinski definition) is 1. The minimum Gasteiger partial charge on any atom is -0.330 e. The molecule has 0 saturated heterocycles. The fourth-order valence-electron chi connectivity index (χ4n) is 2.65. The van der Waals surface area contributed by atoms with Crippen LogP contribution in [0.5, 0.6) is 0 Å². The molecule has 20 heavy (non-hydrogen) atoms. The van der Waals surface area contributed by atoms with Crippen LogP contribution in [0.25, 0.3) is 11.4 Å². The molecule has 2 aromatic heterocycles. The lowest BCUT2D eigenvalue weighted by Crippen LogP contribution is -2.14. The van der Waals surface area contributed by atoms with Gasteiger partial charge in [0, 0.05) is 28.3 Å². The summed E-state index contributed by atoms with van der Waals surface area (Å²) in [6, 6.07) is 4.04. The molecule has 4 heteroatoms. The lowest BCUT2D eigenvalue weighted by molar-refractivity contribution is 0.744. The Kier molecular flexibility index (Phi) is 4.14. The Bertz CT molecular complexity index is 591. The van der Waals surface area contributed by atoms with Gasteiger partial charge in [-0.15, -0.1) is 0 Å². The van der Waals surface area contributed by atoms with Gasteiger partial charge in [-0.05, 0) is 57.9 Å². The van der Waals surface area contributed by atoms with Crippen LogP contribution in [-0.2, 0) is 0 Å². The van der Waals surface area contributed by atoms with Crippen LogP contribution >= 0.6 is 0 Å². The maximum Gasteiger partial charge on any atom is 0.159 e. The average molecular weight is 270 g/mol. The molecule has 2 heterocycles. The number of nitrogens with two attached hydrogens (primary N) is 1. The second kappa shape index (κ2) is 5.67. The Balaban J connectivity index is 2.54. The zero-order chi connectivity index (χ0) is 14.9. The molecule has 106 valence electrons. The predicted molar refractivity (Wildman–Crippen MR) is 81.7 cm³/mol.